The number of amides is 3. The van der Waals surface area contributed by atoms with Gasteiger partial charge >= 0.3 is 6.03 Å². The quantitative estimate of drug-likeness (QED) is 0.550. The molecule has 0 aliphatic carbocycles. The van der Waals surface area contributed by atoms with Gasteiger partial charge in [-0.05, 0) is 37.5 Å². The van der Waals surface area contributed by atoms with Gasteiger partial charge in [0.05, 0.1) is 23.4 Å². The number of aryl methyl sites for hydroxylation is 1. The molecule has 0 unspecified atom stereocenters. The summed E-state index contributed by atoms with van der Waals surface area (Å²) < 4.78 is 0. The fourth-order valence-electron chi connectivity index (χ4n) is 3.13. The van der Waals surface area contributed by atoms with Crippen LogP contribution in [0, 0.1) is 0 Å². The van der Waals surface area contributed by atoms with E-state index in [9.17, 15) is 9.59 Å². The third-order valence-corrected chi connectivity index (χ3v) is 4.77. The van der Waals surface area contributed by atoms with Crippen LogP contribution in [0.25, 0.3) is 11.0 Å². The fourth-order valence-corrected chi connectivity index (χ4v) is 3.13. The number of carbonyl (C=O) groups is 2. The maximum atomic E-state index is 12.8. The van der Waals surface area contributed by atoms with Gasteiger partial charge in [-0.2, -0.15) is 5.10 Å². The van der Waals surface area contributed by atoms with E-state index in [4.69, 9.17) is 0 Å². The zero-order chi connectivity index (χ0) is 19.6. The lowest BCUT2D eigenvalue weighted by Gasteiger charge is -2.20. The Morgan fingerprint density at radius 3 is 2.57 bits per heavy atom. The number of aromatic nitrogens is 2. The Kier molecular flexibility index (Phi) is 4.57. The Labute approximate surface area is 162 Å². The zero-order valence-electron chi connectivity index (χ0n) is 15.4. The van der Waals surface area contributed by atoms with Crippen LogP contribution in [0.3, 0.4) is 0 Å². The Morgan fingerprint density at radius 2 is 1.79 bits per heavy atom. The molecule has 1 N–H and O–H groups in total. The fraction of sp³-hybridized carbons (Fsp3) is 0.190. The second-order valence-corrected chi connectivity index (χ2v) is 6.89. The first-order chi connectivity index (χ1) is 13.5. The molecule has 0 radical (unpaired) electrons. The molecule has 7 nitrogen and oxygen atoms in total. The van der Waals surface area contributed by atoms with E-state index < -0.39 is 11.6 Å². The van der Waals surface area contributed by atoms with Gasteiger partial charge in [0.15, 0.2) is 0 Å². The van der Waals surface area contributed by atoms with Gasteiger partial charge in [0.1, 0.15) is 11.2 Å². The van der Waals surface area contributed by atoms with Gasteiger partial charge < -0.3 is 5.32 Å². The normalized spacial score (nSPS) is 19.5. The van der Waals surface area contributed by atoms with Crippen LogP contribution in [-0.2, 0) is 11.2 Å². The van der Waals surface area contributed by atoms with Gasteiger partial charge in [-0.15, -0.1) is 5.01 Å². The lowest BCUT2D eigenvalue weighted by atomic mass is 9.93. The number of rotatable bonds is 5. The van der Waals surface area contributed by atoms with Crippen LogP contribution in [0.2, 0.25) is 0 Å². The minimum Gasteiger partial charge on any atom is -0.322 e. The first-order valence-electron chi connectivity index (χ1n) is 9.02. The van der Waals surface area contributed by atoms with Crippen molar-refractivity contribution >= 4 is 29.2 Å². The Balaban J connectivity index is 1.49. The van der Waals surface area contributed by atoms with Crippen molar-refractivity contribution in [3.63, 3.8) is 0 Å². The first-order valence-corrected chi connectivity index (χ1v) is 9.02. The second-order valence-electron chi connectivity index (χ2n) is 6.89. The van der Waals surface area contributed by atoms with E-state index in [2.05, 4.69) is 20.4 Å². The van der Waals surface area contributed by atoms with Crippen molar-refractivity contribution in [3.8, 4) is 0 Å². The Bertz CT molecular complexity index is 1070. The Morgan fingerprint density at radius 1 is 1.07 bits per heavy atom. The third-order valence-electron chi connectivity index (χ3n) is 4.77. The largest absolute Gasteiger partial charge is 0.346 e. The highest BCUT2D eigenvalue weighted by atomic mass is 16.2. The second kappa shape index (κ2) is 7.19. The molecule has 1 aromatic heterocycles. The van der Waals surface area contributed by atoms with Crippen LogP contribution in [0.15, 0.2) is 65.9 Å². The number of urea groups is 1. The predicted molar refractivity (Wildman–Crippen MR) is 106 cm³/mol. The van der Waals surface area contributed by atoms with Crippen molar-refractivity contribution in [2.24, 2.45) is 5.10 Å². The van der Waals surface area contributed by atoms with E-state index in [1.165, 1.54) is 6.21 Å². The number of hydrogen-bond donors (Lipinski definition) is 1. The van der Waals surface area contributed by atoms with Crippen molar-refractivity contribution in [1.82, 2.24) is 20.3 Å². The number of imide groups is 1. The van der Waals surface area contributed by atoms with Crippen LogP contribution < -0.4 is 5.32 Å². The minimum atomic E-state index is -0.987. The third kappa shape index (κ3) is 3.46. The molecule has 1 saturated heterocycles. The number of benzene rings is 2. The van der Waals surface area contributed by atoms with Crippen molar-refractivity contribution in [2.75, 3.05) is 0 Å². The average molecular weight is 373 g/mol. The molecular weight excluding hydrogens is 354 g/mol. The summed E-state index contributed by atoms with van der Waals surface area (Å²) in [5, 5.41) is 7.67. The predicted octanol–water partition coefficient (Wildman–Crippen LogP) is 2.91. The van der Waals surface area contributed by atoms with Crippen molar-refractivity contribution in [2.45, 2.75) is 25.3 Å². The van der Waals surface area contributed by atoms with Crippen molar-refractivity contribution < 1.29 is 9.59 Å². The van der Waals surface area contributed by atoms with Gasteiger partial charge in [-0.1, -0.05) is 42.5 Å². The van der Waals surface area contributed by atoms with E-state index >= 15 is 0 Å². The standard InChI is InChI=1S/C21H19N5O2/c1-21(12-11-15-7-3-2-4-8-15)19(27)26(20(28)25-21)23-14-16-13-22-17-9-5-6-10-18(17)24-16/h2-10,13-14H,11-12H2,1H3,(H,25,28)/b23-14-/t21-/m1/s1. The summed E-state index contributed by atoms with van der Waals surface area (Å²) >= 11 is 0. The molecule has 0 saturated carbocycles. The number of fused-ring (bicyclic) bond motifs is 1. The zero-order valence-corrected chi connectivity index (χ0v) is 15.4. The SMILES string of the molecule is C[C@]1(CCc2ccccc2)NC(=O)N(/N=C\c2cnc3ccccc3n2)C1=O. The lowest BCUT2D eigenvalue weighted by Crippen LogP contribution is -2.44. The Hall–Kier alpha value is -3.61. The summed E-state index contributed by atoms with van der Waals surface area (Å²) in [4.78, 5) is 33.8. The summed E-state index contributed by atoms with van der Waals surface area (Å²) in [6.07, 6.45) is 4.10. The number of hydrazone groups is 1. The summed E-state index contributed by atoms with van der Waals surface area (Å²) in [7, 11) is 0. The molecule has 2 heterocycles. The number of carbonyl (C=O) groups excluding carboxylic acids is 2. The molecule has 1 aliphatic heterocycles. The van der Waals surface area contributed by atoms with E-state index in [-0.39, 0.29) is 5.91 Å². The van der Waals surface area contributed by atoms with Gasteiger partial charge in [-0.3, -0.25) is 9.78 Å². The first kappa shape index (κ1) is 17.8. The number of hydrogen-bond acceptors (Lipinski definition) is 5. The van der Waals surface area contributed by atoms with Crippen LogP contribution >= 0.6 is 0 Å². The summed E-state index contributed by atoms with van der Waals surface area (Å²) in [5.74, 6) is -0.376. The smallest absolute Gasteiger partial charge is 0.322 e. The molecule has 1 aliphatic rings. The van der Waals surface area contributed by atoms with Crippen molar-refractivity contribution in [1.29, 1.82) is 0 Å². The molecule has 3 amide bonds. The molecule has 3 aromatic rings. The van der Waals surface area contributed by atoms with Gasteiger partial charge in [-0.25, -0.2) is 9.78 Å². The molecule has 2 aromatic carbocycles. The van der Waals surface area contributed by atoms with Gasteiger partial charge in [0.25, 0.3) is 5.91 Å². The van der Waals surface area contributed by atoms with E-state index in [0.29, 0.717) is 18.5 Å². The molecule has 7 heteroatoms. The molecule has 0 spiro atoms. The molecule has 28 heavy (non-hydrogen) atoms. The number of nitrogens with zero attached hydrogens (tertiary/aromatic N) is 4. The van der Waals surface area contributed by atoms with Crippen LogP contribution in [0.4, 0.5) is 4.79 Å². The molecule has 4 rings (SSSR count). The highest BCUT2D eigenvalue weighted by molar-refractivity contribution is 6.07. The van der Waals surface area contributed by atoms with Gasteiger partial charge in [0, 0.05) is 0 Å². The summed E-state index contributed by atoms with van der Waals surface area (Å²) in [6.45, 7) is 1.72. The highest BCUT2D eigenvalue weighted by Crippen LogP contribution is 2.23. The number of para-hydroxylation sites is 2. The highest BCUT2D eigenvalue weighted by Gasteiger charge is 2.47. The molecule has 1 atom stereocenters. The number of nitrogens with one attached hydrogen (secondary N) is 1. The maximum absolute atomic E-state index is 12.8. The van der Waals surface area contributed by atoms with Gasteiger partial charge in [0.2, 0.25) is 0 Å². The minimum absolute atomic E-state index is 0.376. The van der Waals surface area contributed by atoms with Crippen molar-refractivity contribution in [3.05, 3.63) is 72.1 Å². The van der Waals surface area contributed by atoms with Crippen LogP contribution in [-0.4, -0.2) is 38.7 Å². The molecule has 1 fully saturated rings. The maximum Gasteiger partial charge on any atom is 0.346 e. The summed E-state index contributed by atoms with van der Waals surface area (Å²) in [6, 6.07) is 16.8. The lowest BCUT2D eigenvalue weighted by molar-refractivity contribution is -0.130. The molecule has 140 valence electrons. The van der Waals surface area contributed by atoms with E-state index in [1.807, 2.05) is 54.6 Å². The van der Waals surface area contributed by atoms with Crippen LogP contribution in [0.1, 0.15) is 24.6 Å². The monoisotopic (exact) mass is 373 g/mol. The molecular formula is C21H19N5O2. The molecule has 0 bridgehead atoms. The summed E-state index contributed by atoms with van der Waals surface area (Å²) in [5.41, 5.74) is 2.08. The topological polar surface area (TPSA) is 87.6 Å². The van der Waals surface area contributed by atoms with E-state index in [1.54, 1.807) is 13.1 Å². The average Bonchev–Trinajstić information content (AvgIpc) is 2.94. The van der Waals surface area contributed by atoms with Crippen LogP contribution in [0.5, 0.6) is 0 Å². The van der Waals surface area contributed by atoms with E-state index in [0.717, 1.165) is 21.6 Å².